The van der Waals surface area contributed by atoms with E-state index in [2.05, 4.69) is 0 Å². The summed E-state index contributed by atoms with van der Waals surface area (Å²) in [4.78, 5) is 0. The molecule has 0 heterocycles. The van der Waals surface area contributed by atoms with E-state index in [0.29, 0.717) is 6.07 Å². The van der Waals surface area contributed by atoms with E-state index in [4.69, 9.17) is 0 Å². The van der Waals surface area contributed by atoms with Gasteiger partial charge in [-0.1, -0.05) is 12.1 Å². The van der Waals surface area contributed by atoms with Gasteiger partial charge in [-0.3, -0.25) is 0 Å². The highest BCUT2D eigenvalue weighted by atomic mass is 19.4. The maximum atomic E-state index is 12.6. The average Bonchev–Trinajstić information content (AvgIpc) is 2.02. The standard InChI is InChI=1S/C8H4F6/c9-6-3-1-2-5(4-6)7(10,11)8(12,13)14/h1-4H. The minimum atomic E-state index is -5.71. The van der Waals surface area contributed by atoms with E-state index in [9.17, 15) is 26.3 Å². The second kappa shape index (κ2) is 3.18. The minimum Gasteiger partial charge on any atom is -0.207 e. The summed E-state index contributed by atoms with van der Waals surface area (Å²) in [6.45, 7) is 0. The SMILES string of the molecule is Fc1cccc(C(F)(F)C(F)(F)F)c1. The molecule has 6 heteroatoms. The molecule has 0 aromatic heterocycles. The van der Waals surface area contributed by atoms with Gasteiger partial charge in [-0.05, 0) is 12.1 Å². The maximum Gasteiger partial charge on any atom is 0.458 e. The summed E-state index contributed by atoms with van der Waals surface area (Å²) in [7, 11) is 0. The molecule has 0 saturated carbocycles. The van der Waals surface area contributed by atoms with E-state index in [1.54, 1.807) is 0 Å². The van der Waals surface area contributed by atoms with Gasteiger partial charge in [0.2, 0.25) is 0 Å². The van der Waals surface area contributed by atoms with Crippen molar-refractivity contribution in [3.63, 3.8) is 0 Å². The van der Waals surface area contributed by atoms with Gasteiger partial charge in [-0.25, -0.2) is 4.39 Å². The Hall–Kier alpha value is -1.20. The Balaban J connectivity index is 3.16. The van der Waals surface area contributed by atoms with Crippen LogP contribution in [0.15, 0.2) is 24.3 Å². The highest BCUT2D eigenvalue weighted by molar-refractivity contribution is 5.22. The van der Waals surface area contributed by atoms with Crippen LogP contribution in [0.2, 0.25) is 0 Å². The first-order valence-electron chi connectivity index (χ1n) is 3.46. The van der Waals surface area contributed by atoms with E-state index in [-0.39, 0.29) is 6.07 Å². The average molecular weight is 214 g/mol. The Bertz CT molecular complexity index is 327. The second-order valence-corrected chi connectivity index (χ2v) is 2.58. The smallest absolute Gasteiger partial charge is 0.207 e. The highest BCUT2D eigenvalue weighted by Crippen LogP contribution is 2.43. The second-order valence-electron chi connectivity index (χ2n) is 2.58. The molecule has 0 unspecified atom stereocenters. The third-order valence-corrected chi connectivity index (χ3v) is 1.54. The largest absolute Gasteiger partial charge is 0.458 e. The van der Waals surface area contributed by atoms with Crippen LogP contribution < -0.4 is 0 Å². The molecule has 78 valence electrons. The van der Waals surface area contributed by atoms with Gasteiger partial charge in [-0.2, -0.15) is 22.0 Å². The van der Waals surface area contributed by atoms with E-state index in [1.165, 1.54) is 0 Å². The number of rotatable bonds is 1. The molecule has 0 spiro atoms. The van der Waals surface area contributed by atoms with Crippen LogP contribution in [0.3, 0.4) is 0 Å². The zero-order valence-electron chi connectivity index (χ0n) is 6.58. The molecule has 0 aliphatic heterocycles. The summed E-state index contributed by atoms with van der Waals surface area (Å²) in [5, 5.41) is 0. The lowest BCUT2D eigenvalue weighted by molar-refractivity contribution is -0.289. The molecule has 1 aromatic carbocycles. The molecule has 0 bridgehead atoms. The number of hydrogen-bond donors (Lipinski definition) is 0. The molecule has 1 rings (SSSR count). The maximum absolute atomic E-state index is 12.6. The summed E-state index contributed by atoms with van der Waals surface area (Å²) in [6.07, 6.45) is -5.71. The minimum absolute atomic E-state index is 0.160. The van der Waals surface area contributed by atoms with Gasteiger partial charge in [-0.15, -0.1) is 0 Å². The van der Waals surface area contributed by atoms with Crippen molar-refractivity contribution < 1.29 is 26.3 Å². The first-order chi connectivity index (χ1) is 6.25. The summed E-state index contributed by atoms with van der Waals surface area (Å²) in [6, 6.07) is 2.27. The number of hydrogen-bond acceptors (Lipinski definition) is 0. The van der Waals surface area contributed by atoms with Crippen LogP contribution >= 0.6 is 0 Å². The molecule has 0 N–H and O–H groups in total. The van der Waals surface area contributed by atoms with Gasteiger partial charge in [0.25, 0.3) is 0 Å². The summed E-state index contributed by atoms with van der Waals surface area (Å²) in [5.41, 5.74) is -1.40. The lowest BCUT2D eigenvalue weighted by Gasteiger charge is -2.19. The normalized spacial score (nSPS) is 13.0. The van der Waals surface area contributed by atoms with E-state index >= 15 is 0 Å². The Morgan fingerprint density at radius 2 is 1.50 bits per heavy atom. The summed E-state index contributed by atoms with van der Waals surface area (Å²) >= 11 is 0. The van der Waals surface area contributed by atoms with Crippen molar-refractivity contribution in [3.05, 3.63) is 35.6 Å². The number of alkyl halides is 5. The molecule has 0 nitrogen and oxygen atoms in total. The molecule has 0 aliphatic carbocycles. The van der Waals surface area contributed by atoms with E-state index in [1.807, 2.05) is 0 Å². The Morgan fingerprint density at radius 1 is 0.929 bits per heavy atom. The molecule has 14 heavy (non-hydrogen) atoms. The molecule has 0 amide bonds. The fraction of sp³-hybridized carbons (Fsp3) is 0.250. The van der Waals surface area contributed by atoms with E-state index in [0.717, 1.165) is 12.1 Å². The van der Waals surface area contributed by atoms with Crippen LogP contribution in [-0.4, -0.2) is 6.18 Å². The quantitative estimate of drug-likeness (QED) is 0.628. The van der Waals surface area contributed by atoms with Gasteiger partial charge < -0.3 is 0 Å². The van der Waals surface area contributed by atoms with Crippen molar-refractivity contribution >= 4 is 0 Å². The number of halogens is 6. The summed E-state index contributed by atoms with van der Waals surface area (Å²) < 4.78 is 72.8. The van der Waals surface area contributed by atoms with Gasteiger partial charge in [0.05, 0.1) is 0 Å². The van der Waals surface area contributed by atoms with Crippen LogP contribution in [0.1, 0.15) is 5.56 Å². The zero-order chi connectivity index (χ0) is 11.0. The molecule has 0 fully saturated rings. The first-order valence-corrected chi connectivity index (χ1v) is 3.46. The fourth-order valence-corrected chi connectivity index (χ4v) is 0.847. The lowest BCUT2D eigenvalue weighted by atomic mass is 10.1. The van der Waals surface area contributed by atoms with Crippen LogP contribution in [0.25, 0.3) is 0 Å². The number of benzene rings is 1. The molecular formula is C8H4F6. The van der Waals surface area contributed by atoms with Crippen molar-refractivity contribution in [2.24, 2.45) is 0 Å². The van der Waals surface area contributed by atoms with Crippen LogP contribution in [-0.2, 0) is 5.92 Å². The Kier molecular flexibility index (Phi) is 2.47. The lowest BCUT2D eigenvalue weighted by Crippen LogP contribution is -2.33. The van der Waals surface area contributed by atoms with Gasteiger partial charge in [0.1, 0.15) is 5.82 Å². The highest BCUT2D eigenvalue weighted by Gasteiger charge is 2.58. The Labute approximate surface area is 75.2 Å². The predicted molar refractivity (Wildman–Crippen MR) is 36.3 cm³/mol. The molecule has 0 saturated heterocycles. The first kappa shape index (κ1) is 10.9. The third-order valence-electron chi connectivity index (χ3n) is 1.54. The van der Waals surface area contributed by atoms with Crippen molar-refractivity contribution in [1.29, 1.82) is 0 Å². The van der Waals surface area contributed by atoms with Crippen LogP contribution in [0.5, 0.6) is 0 Å². The molecular weight excluding hydrogens is 210 g/mol. The third kappa shape index (κ3) is 1.83. The van der Waals surface area contributed by atoms with E-state index < -0.39 is 23.5 Å². The zero-order valence-corrected chi connectivity index (χ0v) is 6.58. The predicted octanol–water partition coefficient (Wildman–Crippen LogP) is 3.48. The van der Waals surface area contributed by atoms with Crippen LogP contribution in [0, 0.1) is 5.82 Å². The van der Waals surface area contributed by atoms with Crippen LogP contribution in [0.4, 0.5) is 26.3 Å². The van der Waals surface area contributed by atoms with Crippen molar-refractivity contribution in [2.45, 2.75) is 12.1 Å². The molecule has 0 radical (unpaired) electrons. The topological polar surface area (TPSA) is 0 Å². The fourth-order valence-electron chi connectivity index (χ4n) is 0.847. The Morgan fingerprint density at radius 3 is 1.93 bits per heavy atom. The van der Waals surface area contributed by atoms with Gasteiger partial charge in [0, 0.05) is 5.56 Å². The summed E-state index contributed by atoms with van der Waals surface area (Å²) in [5.74, 6) is -6.15. The van der Waals surface area contributed by atoms with Crippen molar-refractivity contribution in [1.82, 2.24) is 0 Å². The van der Waals surface area contributed by atoms with Gasteiger partial charge >= 0.3 is 12.1 Å². The molecule has 0 atom stereocenters. The van der Waals surface area contributed by atoms with Gasteiger partial charge in [0.15, 0.2) is 0 Å². The van der Waals surface area contributed by atoms with Crippen molar-refractivity contribution in [2.75, 3.05) is 0 Å². The molecule has 1 aromatic rings. The molecule has 0 aliphatic rings. The monoisotopic (exact) mass is 214 g/mol. The van der Waals surface area contributed by atoms with Crippen molar-refractivity contribution in [3.8, 4) is 0 Å².